The van der Waals surface area contributed by atoms with E-state index in [9.17, 15) is 4.79 Å². The fourth-order valence-corrected chi connectivity index (χ4v) is 1.73. The average Bonchev–Trinajstić information content (AvgIpc) is 2.00. The summed E-state index contributed by atoms with van der Waals surface area (Å²) in [7, 11) is 0. The molecule has 1 unspecified atom stereocenters. The summed E-state index contributed by atoms with van der Waals surface area (Å²) in [5.74, 6) is 1.00. The van der Waals surface area contributed by atoms with Gasteiger partial charge in [0.2, 0.25) is 5.91 Å². The first-order chi connectivity index (χ1) is 6.82. The minimum Gasteiger partial charge on any atom is -0.369 e. The number of hydrogen-bond donors (Lipinski definition) is 1. The summed E-state index contributed by atoms with van der Waals surface area (Å²) in [5.41, 5.74) is 5.28. The smallest absolute Gasteiger partial charge is 0.221 e. The Kier molecular flexibility index (Phi) is 6.57. The molecular weight excluding hydrogens is 188 g/mol. The van der Waals surface area contributed by atoms with E-state index in [1.54, 1.807) is 0 Å². The van der Waals surface area contributed by atoms with E-state index < -0.39 is 0 Å². The Morgan fingerprint density at radius 1 is 1.00 bits per heavy atom. The van der Waals surface area contributed by atoms with Gasteiger partial charge in [-0.05, 0) is 11.8 Å². The lowest BCUT2D eigenvalue weighted by atomic mass is 10.1. The third kappa shape index (κ3) is 7.37. The molecule has 0 aromatic rings. The van der Waals surface area contributed by atoms with Crippen LogP contribution in [0.3, 0.4) is 0 Å². The Balaban J connectivity index is 4.17. The van der Waals surface area contributed by atoms with Crippen molar-refractivity contribution in [2.75, 3.05) is 19.6 Å². The van der Waals surface area contributed by atoms with Crippen LogP contribution < -0.4 is 5.73 Å². The van der Waals surface area contributed by atoms with Crippen LogP contribution in [-0.4, -0.2) is 30.4 Å². The van der Waals surface area contributed by atoms with E-state index in [0.29, 0.717) is 11.8 Å². The minimum absolute atomic E-state index is 0.0532. The molecule has 0 fully saturated rings. The van der Waals surface area contributed by atoms with Gasteiger partial charge in [0.15, 0.2) is 0 Å². The predicted octanol–water partition coefficient (Wildman–Crippen LogP) is 1.72. The monoisotopic (exact) mass is 214 g/mol. The maximum Gasteiger partial charge on any atom is 0.221 e. The highest BCUT2D eigenvalue weighted by molar-refractivity contribution is 5.76. The zero-order valence-corrected chi connectivity index (χ0v) is 10.8. The number of rotatable bonds is 7. The van der Waals surface area contributed by atoms with E-state index in [4.69, 9.17) is 5.73 Å². The topological polar surface area (TPSA) is 46.3 Å². The molecular formula is C12H26N2O. The molecule has 0 bridgehead atoms. The molecule has 0 aromatic heterocycles. The molecule has 0 aliphatic carbocycles. The predicted molar refractivity (Wildman–Crippen MR) is 64.5 cm³/mol. The third-order valence-electron chi connectivity index (χ3n) is 2.26. The van der Waals surface area contributed by atoms with E-state index in [-0.39, 0.29) is 11.8 Å². The Labute approximate surface area is 94.0 Å². The van der Waals surface area contributed by atoms with Crippen LogP contribution in [0.25, 0.3) is 0 Å². The SMILES string of the molecule is CC(C)CN(CC(C)C)CC(C)C(N)=O. The molecule has 0 rings (SSSR count). The van der Waals surface area contributed by atoms with Gasteiger partial charge in [-0.3, -0.25) is 4.79 Å². The molecule has 1 atom stereocenters. The molecule has 0 aliphatic rings. The van der Waals surface area contributed by atoms with Crippen molar-refractivity contribution in [3.8, 4) is 0 Å². The van der Waals surface area contributed by atoms with Crippen molar-refractivity contribution in [3.63, 3.8) is 0 Å². The first kappa shape index (κ1) is 14.4. The summed E-state index contributed by atoms with van der Waals surface area (Å²) in [6, 6.07) is 0. The quantitative estimate of drug-likeness (QED) is 0.701. The highest BCUT2D eigenvalue weighted by Crippen LogP contribution is 2.07. The summed E-state index contributed by atoms with van der Waals surface area (Å²) < 4.78 is 0. The molecule has 0 heterocycles. The molecule has 0 radical (unpaired) electrons. The van der Waals surface area contributed by atoms with Crippen LogP contribution in [0.2, 0.25) is 0 Å². The van der Waals surface area contributed by atoms with Gasteiger partial charge in [-0.1, -0.05) is 34.6 Å². The number of primary amides is 1. The molecule has 3 nitrogen and oxygen atoms in total. The number of carbonyl (C=O) groups excluding carboxylic acids is 1. The summed E-state index contributed by atoms with van der Waals surface area (Å²) in [6.45, 7) is 13.5. The number of amides is 1. The summed E-state index contributed by atoms with van der Waals surface area (Å²) in [5, 5.41) is 0. The van der Waals surface area contributed by atoms with Crippen molar-refractivity contribution in [1.82, 2.24) is 4.90 Å². The van der Waals surface area contributed by atoms with Gasteiger partial charge in [0.05, 0.1) is 0 Å². The van der Waals surface area contributed by atoms with Crippen LogP contribution in [0.15, 0.2) is 0 Å². The van der Waals surface area contributed by atoms with Crippen LogP contribution in [-0.2, 0) is 4.79 Å². The second-order valence-corrected chi connectivity index (χ2v) is 5.31. The molecule has 15 heavy (non-hydrogen) atoms. The molecule has 0 saturated carbocycles. The largest absolute Gasteiger partial charge is 0.369 e. The Hall–Kier alpha value is -0.570. The first-order valence-electron chi connectivity index (χ1n) is 5.84. The van der Waals surface area contributed by atoms with Crippen molar-refractivity contribution in [3.05, 3.63) is 0 Å². The van der Waals surface area contributed by atoms with Crippen LogP contribution in [0.4, 0.5) is 0 Å². The van der Waals surface area contributed by atoms with Crippen molar-refractivity contribution in [1.29, 1.82) is 0 Å². The zero-order chi connectivity index (χ0) is 12.0. The summed E-state index contributed by atoms with van der Waals surface area (Å²) in [4.78, 5) is 13.3. The maximum atomic E-state index is 11.0. The van der Waals surface area contributed by atoms with Crippen molar-refractivity contribution >= 4 is 5.91 Å². The normalized spacial score (nSPS) is 13.9. The van der Waals surface area contributed by atoms with Crippen molar-refractivity contribution in [2.24, 2.45) is 23.5 Å². The highest BCUT2D eigenvalue weighted by Gasteiger charge is 2.16. The van der Waals surface area contributed by atoms with E-state index >= 15 is 0 Å². The Bertz CT molecular complexity index is 180. The van der Waals surface area contributed by atoms with E-state index in [2.05, 4.69) is 32.6 Å². The average molecular weight is 214 g/mol. The Morgan fingerprint density at radius 2 is 1.40 bits per heavy atom. The van der Waals surface area contributed by atoms with Gasteiger partial charge in [-0.25, -0.2) is 0 Å². The molecule has 0 aromatic carbocycles. The molecule has 0 saturated heterocycles. The van der Waals surface area contributed by atoms with Crippen molar-refractivity contribution in [2.45, 2.75) is 34.6 Å². The van der Waals surface area contributed by atoms with Crippen LogP contribution in [0.1, 0.15) is 34.6 Å². The lowest BCUT2D eigenvalue weighted by Gasteiger charge is -2.27. The zero-order valence-electron chi connectivity index (χ0n) is 10.8. The van der Waals surface area contributed by atoms with Crippen molar-refractivity contribution < 1.29 is 4.79 Å². The second-order valence-electron chi connectivity index (χ2n) is 5.31. The molecule has 1 amide bonds. The molecule has 90 valence electrons. The third-order valence-corrected chi connectivity index (χ3v) is 2.26. The fraction of sp³-hybridized carbons (Fsp3) is 0.917. The van der Waals surface area contributed by atoms with Gasteiger partial charge >= 0.3 is 0 Å². The number of nitrogens with two attached hydrogens (primary N) is 1. The van der Waals surface area contributed by atoms with E-state index in [1.165, 1.54) is 0 Å². The van der Waals surface area contributed by atoms with Crippen LogP contribution in [0, 0.1) is 17.8 Å². The van der Waals surface area contributed by atoms with E-state index in [1.807, 2.05) is 6.92 Å². The number of hydrogen-bond acceptors (Lipinski definition) is 2. The summed E-state index contributed by atoms with van der Waals surface area (Å²) >= 11 is 0. The number of nitrogens with zero attached hydrogens (tertiary/aromatic N) is 1. The summed E-state index contributed by atoms with van der Waals surface area (Å²) in [6.07, 6.45) is 0. The fourth-order valence-electron chi connectivity index (χ4n) is 1.73. The van der Waals surface area contributed by atoms with Gasteiger partial charge in [0, 0.05) is 25.6 Å². The van der Waals surface area contributed by atoms with E-state index in [0.717, 1.165) is 19.6 Å². The lowest BCUT2D eigenvalue weighted by Crippen LogP contribution is -2.38. The lowest BCUT2D eigenvalue weighted by molar-refractivity contribution is -0.121. The first-order valence-corrected chi connectivity index (χ1v) is 5.84. The standard InChI is InChI=1S/C12H26N2O/c1-9(2)6-14(7-10(3)4)8-11(5)12(13)15/h9-11H,6-8H2,1-5H3,(H2,13,15). The second kappa shape index (κ2) is 6.83. The molecule has 3 heteroatoms. The number of carbonyl (C=O) groups is 1. The molecule has 2 N–H and O–H groups in total. The van der Waals surface area contributed by atoms with Gasteiger partial charge in [-0.2, -0.15) is 0 Å². The molecule has 0 aliphatic heterocycles. The van der Waals surface area contributed by atoms with Gasteiger partial charge in [0.1, 0.15) is 0 Å². The van der Waals surface area contributed by atoms with Gasteiger partial charge < -0.3 is 10.6 Å². The minimum atomic E-state index is -0.201. The highest BCUT2D eigenvalue weighted by atomic mass is 16.1. The Morgan fingerprint density at radius 3 is 1.67 bits per heavy atom. The van der Waals surface area contributed by atoms with Crippen LogP contribution >= 0.6 is 0 Å². The molecule has 0 spiro atoms. The maximum absolute atomic E-state index is 11.0. The van der Waals surface area contributed by atoms with Gasteiger partial charge in [-0.15, -0.1) is 0 Å². The van der Waals surface area contributed by atoms with Gasteiger partial charge in [0.25, 0.3) is 0 Å². The van der Waals surface area contributed by atoms with Crippen LogP contribution in [0.5, 0.6) is 0 Å².